The number of pyridine rings is 1. The van der Waals surface area contributed by atoms with Crippen LogP contribution in [0.25, 0.3) is 0 Å². The number of piperidine rings is 1. The zero-order chi connectivity index (χ0) is 18.4. The first-order valence-corrected chi connectivity index (χ1v) is 9.67. The summed E-state index contributed by atoms with van der Waals surface area (Å²) in [5.74, 6) is 2.44. The Morgan fingerprint density at radius 2 is 2.08 bits per heavy atom. The van der Waals surface area contributed by atoms with Crippen molar-refractivity contribution in [1.29, 1.82) is 0 Å². The topological polar surface area (TPSA) is 95.6 Å². The maximum atomic E-state index is 11.4. The van der Waals surface area contributed by atoms with Crippen LogP contribution in [0.3, 0.4) is 0 Å². The maximum absolute atomic E-state index is 11.4. The lowest BCUT2D eigenvalue weighted by atomic mass is 9.96. The Morgan fingerprint density at radius 1 is 1.31 bits per heavy atom. The van der Waals surface area contributed by atoms with Crippen LogP contribution >= 0.6 is 0 Å². The number of primary amides is 1. The molecule has 7 nitrogen and oxygen atoms in total. The first kappa shape index (κ1) is 18.5. The van der Waals surface area contributed by atoms with Gasteiger partial charge in [0.25, 0.3) is 0 Å². The van der Waals surface area contributed by atoms with E-state index < -0.39 is 0 Å². The molecule has 1 saturated carbocycles. The van der Waals surface area contributed by atoms with Crippen LogP contribution in [-0.4, -0.2) is 43.0 Å². The predicted octanol–water partition coefficient (Wildman–Crippen LogP) is 1.25. The van der Waals surface area contributed by atoms with Crippen LogP contribution in [0.5, 0.6) is 0 Å². The minimum Gasteiger partial charge on any atom is -0.369 e. The van der Waals surface area contributed by atoms with E-state index in [-0.39, 0.29) is 11.8 Å². The van der Waals surface area contributed by atoms with E-state index in [1.54, 1.807) is 0 Å². The molecule has 4 N–H and O–H groups in total. The highest BCUT2D eigenvalue weighted by Gasteiger charge is 2.25. The first-order valence-electron chi connectivity index (χ1n) is 9.67. The number of aliphatic imine (C=N–C) groups is 1. The van der Waals surface area contributed by atoms with Crippen molar-refractivity contribution in [2.45, 2.75) is 39.2 Å². The summed E-state index contributed by atoms with van der Waals surface area (Å²) in [6, 6.07) is 4.03. The van der Waals surface area contributed by atoms with Crippen molar-refractivity contribution in [2.24, 2.45) is 22.6 Å². The average Bonchev–Trinajstić information content (AvgIpc) is 3.49. The lowest BCUT2D eigenvalue weighted by molar-refractivity contribution is -0.122. The van der Waals surface area contributed by atoms with Crippen LogP contribution in [-0.2, 0) is 11.3 Å². The van der Waals surface area contributed by atoms with E-state index in [9.17, 15) is 4.79 Å². The monoisotopic (exact) mass is 358 g/mol. The van der Waals surface area contributed by atoms with Crippen LogP contribution in [0.4, 0.5) is 5.82 Å². The number of guanidine groups is 1. The van der Waals surface area contributed by atoms with Crippen molar-refractivity contribution in [2.75, 3.05) is 31.1 Å². The second-order valence-electron chi connectivity index (χ2n) is 7.17. The van der Waals surface area contributed by atoms with Crippen molar-refractivity contribution >= 4 is 17.7 Å². The van der Waals surface area contributed by atoms with E-state index in [0.29, 0.717) is 6.54 Å². The molecule has 26 heavy (non-hydrogen) atoms. The van der Waals surface area contributed by atoms with E-state index in [2.05, 4.69) is 33.5 Å². The molecule has 0 radical (unpaired) electrons. The molecule has 3 rings (SSSR count). The minimum atomic E-state index is -0.187. The third-order valence-corrected chi connectivity index (χ3v) is 5.07. The van der Waals surface area contributed by atoms with Gasteiger partial charge in [0.15, 0.2) is 5.96 Å². The van der Waals surface area contributed by atoms with Crippen LogP contribution in [0.15, 0.2) is 23.3 Å². The Hall–Kier alpha value is -2.31. The van der Waals surface area contributed by atoms with Gasteiger partial charge in [-0.05, 0) is 44.6 Å². The summed E-state index contributed by atoms with van der Waals surface area (Å²) in [6.07, 6.45) is 6.04. The summed E-state index contributed by atoms with van der Waals surface area (Å²) in [6.45, 7) is 6.11. The molecular formula is C19H30N6O. The fourth-order valence-corrected chi connectivity index (χ4v) is 3.28. The van der Waals surface area contributed by atoms with Crippen LogP contribution in [0, 0.1) is 11.8 Å². The van der Waals surface area contributed by atoms with Gasteiger partial charge in [-0.15, -0.1) is 0 Å². The number of nitrogens with two attached hydrogens (primary N) is 1. The fourth-order valence-electron chi connectivity index (χ4n) is 3.28. The molecule has 142 valence electrons. The molecule has 0 aromatic carbocycles. The van der Waals surface area contributed by atoms with Crippen molar-refractivity contribution in [1.82, 2.24) is 15.6 Å². The Bertz CT molecular complexity index is 635. The molecule has 0 spiro atoms. The van der Waals surface area contributed by atoms with Gasteiger partial charge in [0.05, 0.1) is 6.54 Å². The van der Waals surface area contributed by atoms with Crippen LogP contribution in [0.2, 0.25) is 0 Å². The first-order chi connectivity index (χ1) is 12.7. The van der Waals surface area contributed by atoms with Gasteiger partial charge in [0.1, 0.15) is 5.82 Å². The number of aromatic nitrogens is 1. The molecule has 1 aliphatic carbocycles. The average molecular weight is 358 g/mol. The third kappa shape index (κ3) is 5.09. The van der Waals surface area contributed by atoms with Crippen molar-refractivity contribution in [3.05, 3.63) is 23.9 Å². The van der Waals surface area contributed by atoms with Gasteiger partial charge in [0, 0.05) is 43.9 Å². The molecule has 2 fully saturated rings. The van der Waals surface area contributed by atoms with Crippen molar-refractivity contribution in [3.63, 3.8) is 0 Å². The van der Waals surface area contributed by atoms with E-state index in [0.717, 1.165) is 62.3 Å². The van der Waals surface area contributed by atoms with Gasteiger partial charge in [-0.3, -0.25) is 4.79 Å². The summed E-state index contributed by atoms with van der Waals surface area (Å²) >= 11 is 0. The molecule has 0 bridgehead atoms. The quantitative estimate of drug-likeness (QED) is 0.504. The number of anilines is 1. The van der Waals surface area contributed by atoms with E-state index in [1.165, 1.54) is 12.8 Å². The number of nitrogens with zero attached hydrogens (tertiary/aromatic N) is 3. The number of carbonyl (C=O) groups is 1. The number of carbonyl (C=O) groups excluding carboxylic acids is 1. The Kier molecular flexibility index (Phi) is 6.30. The summed E-state index contributed by atoms with van der Waals surface area (Å²) in [4.78, 5) is 22.9. The normalized spacial score (nSPS) is 18.7. The lowest BCUT2D eigenvalue weighted by Crippen LogP contribution is -2.39. The standard InChI is InChI=1S/C19H30N6O/c1-2-21-19(23-12-14-5-6-14)24-13-16-4-3-9-22-18(16)25-10-7-15(8-11-25)17(20)26/h3-4,9,14-15H,2,5-8,10-13H2,1H3,(H2,20,26)(H2,21,23,24). The molecule has 0 unspecified atom stereocenters. The van der Waals surface area contributed by atoms with Crippen LogP contribution in [0.1, 0.15) is 38.2 Å². The van der Waals surface area contributed by atoms with Crippen LogP contribution < -0.4 is 21.3 Å². The summed E-state index contributed by atoms with van der Waals surface area (Å²) in [5, 5.41) is 6.73. The molecule has 1 aliphatic heterocycles. The second-order valence-corrected chi connectivity index (χ2v) is 7.17. The zero-order valence-electron chi connectivity index (χ0n) is 15.6. The van der Waals surface area contributed by atoms with Crippen molar-refractivity contribution < 1.29 is 4.79 Å². The van der Waals surface area contributed by atoms with Gasteiger partial charge in [-0.25, -0.2) is 9.98 Å². The predicted molar refractivity (Wildman–Crippen MR) is 104 cm³/mol. The Morgan fingerprint density at radius 3 is 2.73 bits per heavy atom. The number of rotatable bonds is 7. The molecule has 2 aliphatic rings. The van der Waals surface area contributed by atoms with Gasteiger partial charge >= 0.3 is 0 Å². The third-order valence-electron chi connectivity index (χ3n) is 5.07. The second kappa shape index (κ2) is 8.87. The van der Waals surface area contributed by atoms with Gasteiger partial charge in [-0.2, -0.15) is 0 Å². The number of hydrogen-bond donors (Lipinski definition) is 3. The van der Waals surface area contributed by atoms with E-state index in [1.807, 2.05) is 12.3 Å². The fraction of sp³-hybridized carbons (Fsp3) is 0.632. The highest BCUT2D eigenvalue weighted by atomic mass is 16.1. The summed E-state index contributed by atoms with van der Waals surface area (Å²) in [7, 11) is 0. The molecule has 1 aromatic rings. The van der Waals surface area contributed by atoms with Gasteiger partial charge in [-0.1, -0.05) is 6.07 Å². The van der Waals surface area contributed by atoms with E-state index >= 15 is 0 Å². The maximum Gasteiger partial charge on any atom is 0.220 e. The SMILES string of the molecule is CCNC(=NCc1cccnc1N1CCC(C(N)=O)CC1)NCC1CC1. The Balaban J connectivity index is 1.64. The molecular weight excluding hydrogens is 328 g/mol. The van der Waals surface area contributed by atoms with Gasteiger partial charge < -0.3 is 21.3 Å². The number of hydrogen-bond acceptors (Lipinski definition) is 4. The summed E-state index contributed by atoms with van der Waals surface area (Å²) < 4.78 is 0. The molecule has 1 aromatic heterocycles. The largest absolute Gasteiger partial charge is 0.369 e. The molecule has 1 saturated heterocycles. The highest BCUT2D eigenvalue weighted by molar-refractivity contribution is 5.80. The summed E-state index contributed by atoms with van der Waals surface area (Å²) in [5.41, 5.74) is 6.55. The Labute approximate surface area is 155 Å². The smallest absolute Gasteiger partial charge is 0.220 e. The lowest BCUT2D eigenvalue weighted by Gasteiger charge is -2.32. The molecule has 1 amide bonds. The molecule has 0 atom stereocenters. The minimum absolute atomic E-state index is 0.0107. The number of amides is 1. The highest BCUT2D eigenvalue weighted by Crippen LogP contribution is 2.27. The van der Waals surface area contributed by atoms with E-state index in [4.69, 9.17) is 10.7 Å². The molecule has 2 heterocycles. The molecule has 7 heteroatoms. The number of nitrogens with one attached hydrogen (secondary N) is 2. The van der Waals surface area contributed by atoms with Crippen molar-refractivity contribution in [3.8, 4) is 0 Å². The van der Waals surface area contributed by atoms with Gasteiger partial charge in [0.2, 0.25) is 5.91 Å². The zero-order valence-corrected chi connectivity index (χ0v) is 15.6.